The smallest absolute Gasteiger partial charge is 0.265 e. The van der Waals surface area contributed by atoms with E-state index < -0.39 is 27.3 Å². The molecule has 0 saturated carbocycles. The first-order chi connectivity index (χ1) is 11.6. The summed E-state index contributed by atoms with van der Waals surface area (Å²) in [5.41, 5.74) is 0.697. The van der Waals surface area contributed by atoms with E-state index in [1.807, 2.05) is 20.8 Å². The first-order valence-corrected chi connectivity index (χ1v) is 9.26. The zero-order valence-electron chi connectivity index (χ0n) is 14.2. The second kappa shape index (κ2) is 5.84. The molecule has 1 heterocycles. The maximum absolute atomic E-state index is 13.7. The molecule has 132 valence electrons. The molecule has 0 radical (unpaired) electrons. The molecule has 0 spiro atoms. The van der Waals surface area contributed by atoms with Crippen molar-refractivity contribution in [2.75, 3.05) is 10.8 Å². The predicted octanol–water partition coefficient (Wildman–Crippen LogP) is 2.92. The molecule has 0 aliphatic carbocycles. The maximum Gasteiger partial charge on any atom is 0.265 e. The highest BCUT2D eigenvalue weighted by atomic mass is 32.2. The van der Waals surface area contributed by atoms with Gasteiger partial charge in [-0.15, -0.1) is 0 Å². The van der Waals surface area contributed by atoms with Gasteiger partial charge in [0, 0.05) is 16.7 Å². The summed E-state index contributed by atoms with van der Waals surface area (Å²) < 4.78 is 40.8. The average Bonchev–Trinajstić information content (AvgIpc) is 2.50. The van der Waals surface area contributed by atoms with E-state index >= 15 is 0 Å². The largest absolute Gasteiger partial charge is 0.350 e. The van der Waals surface area contributed by atoms with Crippen molar-refractivity contribution in [2.45, 2.75) is 31.2 Å². The molecule has 1 aliphatic rings. The quantitative estimate of drug-likeness (QED) is 0.893. The van der Waals surface area contributed by atoms with Gasteiger partial charge in [0.25, 0.3) is 10.0 Å². The minimum Gasteiger partial charge on any atom is -0.350 e. The fourth-order valence-corrected chi connectivity index (χ4v) is 4.51. The Labute approximate surface area is 146 Å². The van der Waals surface area contributed by atoms with Gasteiger partial charge in [-0.2, -0.15) is 0 Å². The highest BCUT2D eigenvalue weighted by Crippen LogP contribution is 2.42. The van der Waals surface area contributed by atoms with Crippen molar-refractivity contribution in [3.05, 3.63) is 48.3 Å². The van der Waals surface area contributed by atoms with E-state index in [-0.39, 0.29) is 11.4 Å². The van der Waals surface area contributed by atoms with Crippen LogP contribution < -0.4 is 9.62 Å². The van der Waals surface area contributed by atoms with Gasteiger partial charge in [-0.25, -0.2) is 12.8 Å². The van der Waals surface area contributed by atoms with Gasteiger partial charge in [0.1, 0.15) is 12.4 Å². The fraction of sp³-hybridized carbons (Fsp3) is 0.278. The minimum atomic E-state index is -3.91. The second-order valence-corrected chi connectivity index (χ2v) is 8.80. The number of hydrogen-bond acceptors (Lipinski definition) is 3. The first-order valence-electron chi connectivity index (χ1n) is 7.82. The zero-order valence-corrected chi connectivity index (χ0v) is 15.0. The Morgan fingerprint density at radius 3 is 2.48 bits per heavy atom. The lowest BCUT2D eigenvalue weighted by atomic mass is 10.0. The molecular weight excluding hydrogens is 343 g/mol. The Morgan fingerprint density at radius 1 is 1.12 bits per heavy atom. The Morgan fingerprint density at radius 2 is 1.80 bits per heavy atom. The first kappa shape index (κ1) is 17.4. The van der Waals surface area contributed by atoms with Crippen LogP contribution in [-0.4, -0.2) is 26.4 Å². The minimum absolute atomic E-state index is 0.0664. The lowest BCUT2D eigenvalue weighted by Crippen LogP contribution is -2.48. The summed E-state index contributed by atoms with van der Waals surface area (Å²) in [6, 6.07) is 10.3. The average molecular weight is 362 g/mol. The Balaban J connectivity index is 2.12. The predicted molar refractivity (Wildman–Crippen MR) is 94.3 cm³/mol. The molecule has 7 heteroatoms. The lowest BCUT2D eigenvalue weighted by Gasteiger charge is -2.32. The van der Waals surface area contributed by atoms with Crippen LogP contribution >= 0.6 is 0 Å². The molecular formula is C18H19FN2O3S. The van der Waals surface area contributed by atoms with E-state index in [1.165, 1.54) is 24.3 Å². The van der Waals surface area contributed by atoms with E-state index in [2.05, 4.69) is 5.32 Å². The van der Waals surface area contributed by atoms with Gasteiger partial charge in [0.2, 0.25) is 5.91 Å². The highest BCUT2D eigenvalue weighted by molar-refractivity contribution is 7.93. The number of carbonyl (C=O) groups is 1. The number of benzene rings is 2. The molecule has 1 N–H and O–H groups in total. The number of anilines is 1. The zero-order chi connectivity index (χ0) is 18.4. The van der Waals surface area contributed by atoms with Gasteiger partial charge in [-0.05, 0) is 45.0 Å². The molecule has 5 nitrogen and oxygen atoms in total. The maximum atomic E-state index is 13.7. The van der Waals surface area contributed by atoms with Gasteiger partial charge >= 0.3 is 0 Å². The van der Waals surface area contributed by atoms with E-state index in [0.29, 0.717) is 16.8 Å². The summed E-state index contributed by atoms with van der Waals surface area (Å²) in [6.45, 7) is 5.07. The number of carbonyl (C=O) groups excluding carboxylic acids is 1. The van der Waals surface area contributed by atoms with E-state index in [0.717, 1.165) is 4.31 Å². The molecule has 0 bridgehead atoms. The molecule has 3 rings (SSSR count). The van der Waals surface area contributed by atoms with Crippen LogP contribution in [0.2, 0.25) is 0 Å². The van der Waals surface area contributed by atoms with Gasteiger partial charge in [0.05, 0.1) is 10.6 Å². The topological polar surface area (TPSA) is 66.5 Å². The van der Waals surface area contributed by atoms with Crippen molar-refractivity contribution in [1.82, 2.24) is 5.32 Å². The van der Waals surface area contributed by atoms with Crippen LogP contribution in [0, 0.1) is 5.82 Å². The number of nitrogens with one attached hydrogen (secondary N) is 1. The second-order valence-electron chi connectivity index (χ2n) is 6.97. The van der Waals surface area contributed by atoms with Crippen molar-refractivity contribution in [1.29, 1.82) is 0 Å². The van der Waals surface area contributed by atoms with Gasteiger partial charge in [0.15, 0.2) is 0 Å². The molecule has 2 aromatic rings. The van der Waals surface area contributed by atoms with E-state index in [4.69, 9.17) is 0 Å². The molecule has 0 aromatic heterocycles. The van der Waals surface area contributed by atoms with Crippen molar-refractivity contribution in [2.24, 2.45) is 0 Å². The summed E-state index contributed by atoms with van der Waals surface area (Å²) in [5, 5.41) is 2.75. The van der Waals surface area contributed by atoms with Crippen molar-refractivity contribution >= 4 is 21.6 Å². The number of rotatable bonds is 2. The summed E-state index contributed by atoms with van der Waals surface area (Å²) in [6.07, 6.45) is 0. The normalized spacial score (nSPS) is 15.3. The summed E-state index contributed by atoms with van der Waals surface area (Å²) in [4.78, 5) is 12.4. The molecule has 1 amide bonds. The standard InChI is InChI=1S/C18H19FN2O3S/c1-18(2,3)20-17(22)11-21-15-9-8-12(19)10-14(15)13-6-4-5-7-16(13)25(21,23)24/h4-10H,11H2,1-3H3,(H,20,22). The molecule has 1 aliphatic heterocycles. The number of nitrogens with zero attached hydrogens (tertiary/aromatic N) is 1. The number of sulfonamides is 1. The van der Waals surface area contributed by atoms with Crippen molar-refractivity contribution < 1.29 is 17.6 Å². The number of fused-ring (bicyclic) bond motifs is 3. The van der Waals surface area contributed by atoms with Gasteiger partial charge in [-0.3, -0.25) is 9.10 Å². The Bertz CT molecular complexity index is 949. The van der Waals surface area contributed by atoms with Crippen LogP contribution in [0.3, 0.4) is 0 Å². The summed E-state index contributed by atoms with van der Waals surface area (Å²) >= 11 is 0. The summed E-state index contributed by atoms with van der Waals surface area (Å²) in [7, 11) is -3.91. The van der Waals surface area contributed by atoms with Crippen LogP contribution in [0.25, 0.3) is 11.1 Å². The molecule has 2 aromatic carbocycles. The van der Waals surface area contributed by atoms with Gasteiger partial charge < -0.3 is 5.32 Å². The summed E-state index contributed by atoms with van der Waals surface area (Å²) in [5.74, 6) is -0.891. The molecule has 0 unspecified atom stereocenters. The number of amides is 1. The van der Waals surface area contributed by atoms with E-state index in [1.54, 1.807) is 18.2 Å². The van der Waals surface area contributed by atoms with Crippen LogP contribution in [0.5, 0.6) is 0 Å². The number of halogens is 1. The highest BCUT2D eigenvalue weighted by Gasteiger charge is 2.36. The number of hydrogen-bond donors (Lipinski definition) is 1. The third kappa shape index (κ3) is 3.24. The van der Waals surface area contributed by atoms with Crippen molar-refractivity contribution in [3.8, 4) is 11.1 Å². The van der Waals surface area contributed by atoms with Crippen LogP contribution in [-0.2, 0) is 14.8 Å². The molecule has 0 atom stereocenters. The van der Waals surface area contributed by atoms with Crippen molar-refractivity contribution in [3.63, 3.8) is 0 Å². The van der Waals surface area contributed by atoms with E-state index in [9.17, 15) is 17.6 Å². The molecule has 0 fully saturated rings. The lowest BCUT2D eigenvalue weighted by molar-refractivity contribution is -0.121. The Kier molecular flexibility index (Phi) is 4.07. The van der Waals surface area contributed by atoms with Crippen LogP contribution in [0.4, 0.5) is 10.1 Å². The third-order valence-corrected chi connectivity index (χ3v) is 5.59. The SMILES string of the molecule is CC(C)(C)NC(=O)CN1c2ccc(F)cc2-c2ccccc2S1(=O)=O. The fourth-order valence-electron chi connectivity index (χ4n) is 2.86. The van der Waals surface area contributed by atoms with Crippen LogP contribution in [0.1, 0.15) is 20.8 Å². The molecule has 25 heavy (non-hydrogen) atoms. The molecule has 0 saturated heterocycles. The monoisotopic (exact) mass is 362 g/mol. The van der Waals surface area contributed by atoms with Crippen LogP contribution in [0.15, 0.2) is 47.4 Å². The van der Waals surface area contributed by atoms with Gasteiger partial charge in [-0.1, -0.05) is 18.2 Å². The third-order valence-electron chi connectivity index (χ3n) is 3.77. The Hall–Kier alpha value is -2.41.